The first-order valence-electron chi connectivity index (χ1n) is 13.0. The van der Waals surface area contributed by atoms with Crippen molar-refractivity contribution in [2.24, 2.45) is 5.41 Å². The monoisotopic (exact) mass is 459 g/mol. The van der Waals surface area contributed by atoms with E-state index in [1.54, 1.807) is 0 Å². The third-order valence-electron chi connectivity index (χ3n) is 6.48. The van der Waals surface area contributed by atoms with E-state index >= 15 is 0 Å². The predicted octanol–water partition coefficient (Wildman–Crippen LogP) is 5.31. The van der Waals surface area contributed by atoms with Crippen LogP contribution in [-0.4, -0.2) is 96.9 Å². The van der Waals surface area contributed by atoms with E-state index in [-0.39, 0.29) is 5.41 Å². The number of nitrogens with zero attached hydrogens (tertiary/aromatic N) is 3. The van der Waals surface area contributed by atoms with Gasteiger partial charge in [-0.25, -0.2) is 0 Å². The molecule has 0 aromatic carbocycles. The van der Waals surface area contributed by atoms with Crippen LogP contribution in [0.25, 0.3) is 0 Å². The van der Waals surface area contributed by atoms with Gasteiger partial charge in [0.05, 0.1) is 0 Å². The zero-order chi connectivity index (χ0) is 23.8. The molecule has 31 heavy (non-hydrogen) atoms. The minimum absolute atomic E-state index is 0.261. The van der Waals surface area contributed by atoms with Gasteiger partial charge < -0.3 is 23.6 Å². The summed E-state index contributed by atoms with van der Waals surface area (Å²) in [6.07, 6.45) is 7.33. The van der Waals surface area contributed by atoms with Gasteiger partial charge in [-0.15, -0.1) is 0 Å². The number of rotatable bonds is 21. The Morgan fingerprint density at radius 2 is 0.903 bits per heavy atom. The molecular formula is C25H57N3O2Si. The SMILES string of the molecule is CCCN(C)CCC(CCN(C)CCC)(CCN(C)CCC)C[Si](C)(OCC)OCC. The largest absolute Gasteiger partial charge is 0.395 e. The molecule has 0 aromatic heterocycles. The quantitative estimate of drug-likeness (QED) is 0.217. The Labute approximate surface area is 197 Å². The van der Waals surface area contributed by atoms with Crippen LogP contribution in [-0.2, 0) is 8.85 Å². The van der Waals surface area contributed by atoms with Crippen molar-refractivity contribution in [1.29, 1.82) is 0 Å². The summed E-state index contributed by atoms with van der Waals surface area (Å²) in [4.78, 5) is 7.54. The van der Waals surface area contributed by atoms with Gasteiger partial charge in [-0.3, -0.25) is 0 Å². The molecule has 0 bridgehead atoms. The first-order valence-corrected chi connectivity index (χ1v) is 15.6. The van der Waals surface area contributed by atoms with Crippen molar-refractivity contribution in [2.45, 2.75) is 85.7 Å². The molecule has 0 saturated carbocycles. The lowest BCUT2D eigenvalue weighted by molar-refractivity contribution is 0.123. The third-order valence-corrected chi connectivity index (χ3v) is 9.67. The average molecular weight is 460 g/mol. The maximum absolute atomic E-state index is 6.36. The van der Waals surface area contributed by atoms with Crippen molar-refractivity contribution in [3.63, 3.8) is 0 Å². The van der Waals surface area contributed by atoms with Gasteiger partial charge in [0.15, 0.2) is 0 Å². The van der Waals surface area contributed by atoms with E-state index in [0.717, 1.165) is 38.9 Å². The number of hydrogen-bond acceptors (Lipinski definition) is 5. The summed E-state index contributed by atoms with van der Waals surface area (Å²) >= 11 is 0. The van der Waals surface area contributed by atoms with E-state index in [9.17, 15) is 0 Å². The maximum Gasteiger partial charge on any atom is 0.335 e. The predicted molar refractivity (Wildman–Crippen MR) is 139 cm³/mol. The molecule has 0 heterocycles. The molecule has 5 nitrogen and oxygen atoms in total. The Bertz CT molecular complexity index is 379. The Balaban J connectivity index is 5.73. The van der Waals surface area contributed by atoms with Crippen LogP contribution in [0.5, 0.6) is 0 Å². The molecule has 6 heteroatoms. The molecule has 0 spiro atoms. The summed E-state index contributed by atoms with van der Waals surface area (Å²) in [6, 6.07) is 1.10. The summed E-state index contributed by atoms with van der Waals surface area (Å²) in [5.74, 6) is 0. The van der Waals surface area contributed by atoms with E-state index in [1.165, 1.54) is 58.2 Å². The molecule has 0 radical (unpaired) electrons. The molecule has 0 rings (SSSR count). The molecule has 0 N–H and O–H groups in total. The molecule has 0 fully saturated rings. The molecule has 0 saturated heterocycles. The van der Waals surface area contributed by atoms with Crippen molar-refractivity contribution in [2.75, 3.05) is 73.6 Å². The highest BCUT2D eigenvalue weighted by atomic mass is 28.4. The highest BCUT2D eigenvalue weighted by Gasteiger charge is 2.42. The van der Waals surface area contributed by atoms with Gasteiger partial charge in [-0.05, 0) is 131 Å². The fraction of sp³-hybridized carbons (Fsp3) is 1.00. The molecule has 0 aliphatic carbocycles. The summed E-state index contributed by atoms with van der Waals surface area (Å²) < 4.78 is 12.7. The van der Waals surface area contributed by atoms with Gasteiger partial charge in [-0.1, -0.05) is 20.8 Å². The fourth-order valence-corrected chi connectivity index (χ4v) is 8.24. The highest BCUT2D eigenvalue weighted by Crippen LogP contribution is 2.41. The Morgan fingerprint density at radius 3 is 1.16 bits per heavy atom. The Hall–Kier alpha value is 0.0169. The van der Waals surface area contributed by atoms with E-state index in [1.807, 2.05) is 0 Å². The maximum atomic E-state index is 6.36. The van der Waals surface area contributed by atoms with E-state index in [4.69, 9.17) is 8.85 Å². The van der Waals surface area contributed by atoms with Gasteiger partial charge in [0.2, 0.25) is 0 Å². The molecule has 0 aliphatic rings. The van der Waals surface area contributed by atoms with Gasteiger partial charge >= 0.3 is 8.56 Å². The average Bonchev–Trinajstić information content (AvgIpc) is 2.70. The summed E-state index contributed by atoms with van der Waals surface area (Å²) in [5.41, 5.74) is 0.261. The van der Waals surface area contributed by atoms with Gasteiger partial charge in [0, 0.05) is 13.2 Å². The molecule has 0 atom stereocenters. The topological polar surface area (TPSA) is 28.2 Å². The third kappa shape index (κ3) is 14.0. The van der Waals surface area contributed by atoms with Crippen molar-refractivity contribution < 1.29 is 8.85 Å². The van der Waals surface area contributed by atoms with E-state index in [2.05, 4.69) is 77.0 Å². The first kappa shape index (κ1) is 31.0. The zero-order valence-corrected chi connectivity index (χ0v) is 23.8. The molecular weight excluding hydrogens is 402 g/mol. The summed E-state index contributed by atoms with van der Waals surface area (Å²) in [6.45, 7) is 21.9. The minimum atomic E-state index is -2.21. The highest BCUT2D eigenvalue weighted by molar-refractivity contribution is 6.66. The smallest absolute Gasteiger partial charge is 0.335 e. The molecule has 0 unspecified atom stereocenters. The minimum Gasteiger partial charge on any atom is -0.395 e. The van der Waals surface area contributed by atoms with E-state index < -0.39 is 8.56 Å². The Kier molecular flexibility index (Phi) is 17.5. The van der Waals surface area contributed by atoms with Crippen LogP contribution in [0.4, 0.5) is 0 Å². The number of hydrogen-bond donors (Lipinski definition) is 0. The van der Waals surface area contributed by atoms with Crippen LogP contribution in [0, 0.1) is 5.41 Å². The first-order chi connectivity index (χ1) is 14.7. The molecule has 0 aliphatic heterocycles. The van der Waals surface area contributed by atoms with Crippen LogP contribution in [0.2, 0.25) is 12.6 Å². The van der Waals surface area contributed by atoms with Gasteiger partial charge in [0.25, 0.3) is 0 Å². The lowest BCUT2D eigenvalue weighted by atomic mass is 9.79. The normalized spacial score (nSPS) is 13.2. The van der Waals surface area contributed by atoms with Crippen LogP contribution >= 0.6 is 0 Å². The molecule has 188 valence electrons. The second-order valence-corrected chi connectivity index (χ2v) is 13.0. The zero-order valence-electron chi connectivity index (χ0n) is 22.8. The van der Waals surface area contributed by atoms with Crippen molar-refractivity contribution in [1.82, 2.24) is 14.7 Å². The fourth-order valence-electron chi connectivity index (χ4n) is 4.84. The summed E-state index contributed by atoms with van der Waals surface area (Å²) in [7, 11) is 4.63. The van der Waals surface area contributed by atoms with Crippen LogP contribution < -0.4 is 0 Å². The van der Waals surface area contributed by atoms with Crippen LogP contribution in [0.1, 0.15) is 73.1 Å². The second-order valence-electron chi connectivity index (χ2n) is 9.84. The lowest BCUT2D eigenvalue weighted by Gasteiger charge is -2.42. The van der Waals surface area contributed by atoms with Crippen molar-refractivity contribution >= 4 is 8.56 Å². The van der Waals surface area contributed by atoms with Crippen LogP contribution in [0.15, 0.2) is 0 Å². The van der Waals surface area contributed by atoms with Crippen LogP contribution in [0.3, 0.4) is 0 Å². The molecule has 0 aromatic rings. The van der Waals surface area contributed by atoms with E-state index in [0.29, 0.717) is 0 Å². The Morgan fingerprint density at radius 1 is 0.581 bits per heavy atom. The summed E-state index contributed by atoms with van der Waals surface area (Å²) in [5, 5.41) is 0. The lowest BCUT2D eigenvalue weighted by Crippen LogP contribution is -2.47. The standard InChI is InChI=1S/C25H57N3O2Si/c1-10-18-26(6)21-15-25(16-22-27(7)19-11-2,17-23-28(8)20-12-3)24-31(9,29-13-4)30-14-5/h10-24H2,1-9H3. The van der Waals surface area contributed by atoms with Crippen molar-refractivity contribution in [3.05, 3.63) is 0 Å². The van der Waals surface area contributed by atoms with Gasteiger partial charge in [-0.2, -0.15) is 0 Å². The molecule has 0 amide bonds. The van der Waals surface area contributed by atoms with Crippen molar-refractivity contribution in [3.8, 4) is 0 Å². The van der Waals surface area contributed by atoms with Gasteiger partial charge in [0.1, 0.15) is 0 Å². The second kappa shape index (κ2) is 17.5.